The minimum Gasteiger partial charge on any atom is -0.378 e. The van der Waals surface area contributed by atoms with Crippen molar-refractivity contribution in [2.45, 2.75) is 0 Å². The number of fused-ring (bicyclic) bond motifs is 1. The van der Waals surface area contributed by atoms with Crippen LogP contribution in [-0.4, -0.2) is 51.7 Å². The van der Waals surface area contributed by atoms with Gasteiger partial charge >= 0.3 is 0 Å². The highest BCUT2D eigenvalue weighted by atomic mass is 16.5. The number of amides is 1. The molecule has 0 unspecified atom stereocenters. The van der Waals surface area contributed by atoms with Crippen LogP contribution in [0.15, 0.2) is 78.5 Å². The van der Waals surface area contributed by atoms with Crippen LogP contribution >= 0.6 is 0 Å². The van der Waals surface area contributed by atoms with Crippen molar-refractivity contribution in [3.05, 3.63) is 84.1 Å². The van der Waals surface area contributed by atoms with Crippen molar-refractivity contribution in [1.29, 1.82) is 0 Å². The first-order valence-electron chi connectivity index (χ1n) is 11.1. The molecule has 1 aliphatic rings. The zero-order valence-electron chi connectivity index (χ0n) is 18.8. The third kappa shape index (κ3) is 4.87. The summed E-state index contributed by atoms with van der Waals surface area (Å²) in [6.07, 6.45) is 4.07. The number of carbonyl (C=O) groups excluding carboxylic acids is 1. The maximum Gasteiger partial charge on any atom is 0.283 e. The van der Waals surface area contributed by atoms with E-state index in [0.29, 0.717) is 23.0 Å². The Bertz CT molecular complexity index is 1440. The van der Waals surface area contributed by atoms with Gasteiger partial charge in [0.2, 0.25) is 11.9 Å². The van der Waals surface area contributed by atoms with Crippen LogP contribution in [0.4, 0.5) is 23.0 Å². The van der Waals surface area contributed by atoms with E-state index >= 15 is 0 Å². The molecule has 35 heavy (non-hydrogen) atoms. The fourth-order valence-electron chi connectivity index (χ4n) is 3.82. The van der Waals surface area contributed by atoms with E-state index in [-0.39, 0.29) is 11.3 Å². The highest BCUT2D eigenvalue weighted by Gasteiger charge is 2.13. The van der Waals surface area contributed by atoms with Crippen molar-refractivity contribution in [1.82, 2.24) is 19.5 Å². The molecule has 0 bridgehead atoms. The highest BCUT2D eigenvalue weighted by Crippen LogP contribution is 2.22. The third-order valence-corrected chi connectivity index (χ3v) is 5.59. The average Bonchev–Trinajstić information content (AvgIpc) is 2.90. The van der Waals surface area contributed by atoms with Crippen molar-refractivity contribution < 1.29 is 9.53 Å². The van der Waals surface area contributed by atoms with E-state index in [9.17, 15) is 9.59 Å². The molecule has 0 saturated carbocycles. The second-order valence-electron chi connectivity index (χ2n) is 7.87. The summed E-state index contributed by atoms with van der Waals surface area (Å²) in [4.78, 5) is 39.2. The summed E-state index contributed by atoms with van der Waals surface area (Å²) >= 11 is 0. The summed E-state index contributed by atoms with van der Waals surface area (Å²) in [7, 11) is 0. The van der Waals surface area contributed by atoms with E-state index in [1.165, 1.54) is 18.6 Å². The second-order valence-corrected chi connectivity index (χ2v) is 7.87. The standard InChI is InChI=1S/C25H23N7O3/c1-2-22(33)28-18-4-3-5-20(14-18)32-16-27-24(34)21-15-26-25(30-23(21)32)29-17-6-8-19(9-7-17)31-10-12-35-13-11-31/h2-9,14-16H,1,10-13H2,(H,28,33)(H,26,29,30). The second kappa shape index (κ2) is 9.74. The number of carbonyl (C=O) groups is 1. The molecular formula is C25H23N7O3. The van der Waals surface area contributed by atoms with Crippen LogP contribution in [0, 0.1) is 0 Å². The maximum atomic E-state index is 12.4. The van der Waals surface area contributed by atoms with Crippen LogP contribution in [0.25, 0.3) is 16.7 Å². The van der Waals surface area contributed by atoms with Crippen molar-refractivity contribution >= 4 is 40.0 Å². The fraction of sp³-hybridized carbons (Fsp3) is 0.160. The smallest absolute Gasteiger partial charge is 0.283 e. The Hall–Kier alpha value is -4.57. The molecule has 2 aromatic heterocycles. The first-order chi connectivity index (χ1) is 17.1. The molecule has 2 aromatic carbocycles. The van der Waals surface area contributed by atoms with Crippen LogP contribution in [0.3, 0.4) is 0 Å². The lowest BCUT2D eigenvalue weighted by Crippen LogP contribution is -2.36. The van der Waals surface area contributed by atoms with Gasteiger partial charge in [0.1, 0.15) is 11.7 Å². The van der Waals surface area contributed by atoms with Gasteiger partial charge in [0.05, 0.1) is 18.9 Å². The number of nitrogens with zero attached hydrogens (tertiary/aromatic N) is 5. The molecule has 3 heterocycles. The van der Waals surface area contributed by atoms with Gasteiger partial charge in [0.25, 0.3) is 5.56 Å². The van der Waals surface area contributed by atoms with Gasteiger partial charge in [-0.2, -0.15) is 9.97 Å². The lowest BCUT2D eigenvalue weighted by atomic mass is 10.2. The van der Waals surface area contributed by atoms with Crippen molar-refractivity contribution in [3.63, 3.8) is 0 Å². The lowest BCUT2D eigenvalue weighted by Gasteiger charge is -2.28. The van der Waals surface area contributed by atoms with Crippen LogP contribution in [-0.2, 0) is 9.53 Å². The number of aromatic nitrogens is 4. The topological polar surface area (TPSA) is 114 Å². The normalized spacial score (nSPS) is 13.4. The molecule has 0 atom stereocenters. The Morgan fingerprint density at radius 3 is 2.60 bits per heavy atom. The number of hydrogen-bond donors (Lipinski definition) is 2. The summed E-state index contributed by atoms with van der Waals surface area (Å²) in [6, 6.07) is 15.1. The Morgan fingerprint density at radius 2 is 1.83 bits per heavy atom. The molecule has 176 valence electrons. The molecule has 1 saturated heterocycles. The fourth-order valence-corrected chi connectivity index (χ4v) is 3.82. The van der Waals surface area contributed by atoms with Gasteiger partial charge in [-0.25, -0.2) is 4.98 Å². The van der Waals surface area contributed by atoms with Crippen LogP contribution in [0.1, 0.15) is 0 Å². The van der Waals surface area contributed by atoms with E-state index in [0.717, 1.165) is 37.7 Å². The Kier molecular flexibility index (Phi) is 6.18. The maximum absolute atomic E-state index is 12.4. The first kappa shape index (κ1) is 22.2. The number of nitrogens with one attached hydrogen (secondary N) is 2. The monoisotopic (exact) mass is 469 g/mol. The molecule has 0 aliphatic carbocycles. The minimum absolute atomic E-state index is 0.279. The largest absolute Gasteiger partial charge is 0.378 e. The van der Waals surface area contributed by atoms with E-state index in [2.05, 4.69) is 37.1 Å². The summed E-state index contributed by atoms with van der Waals surface area (Å²) < 4.78 is 7.09. The molecule has 4 aromatic rings. The van der Waals surface area contributed by atoms with Gasteiger partial charge in [-0.1, -0.05) is 12.6 Å². The van der Waals surface area contributed by atoms with E-state index in [1.807, 2.05) is 30.3 Å². The molecule has 0 radical (unpaired) electrons. The zero-order valence-corrected chi connectivity index (χ0v) is 18.8. The van der Waals surface area contributed by atoms with Crippen molar-refractivity contribution in [3.8, 4) is 5.69 Å². The van der Waals surface area contributed by atoms with Crippen LogP contribution in [0.5, 0.6) is 0 Å². The molecule has 10 nitrogen and oxygen atoms in total. The van der Waals surface area contributed by atoms with Gasteiger partial charge in [0, 0.05) is 36.3 Å². The van der Waals surface area contributed by atoms with Crippen molar-refractivity contribution in [2.24, 2.45) is 0 Å². The predicted molar refractivity (Wildman–Crippen MR) is 135 cm³/mol. The van der Waals surface area contributed by atoms with Gasteiger partial charge < -0.3 is 20.3 Å². The Morgan fingerprint density at radius 1 is 1.03 bits per heavy atom. The molecule has 2 N–H and O–H groups in total. The third-order valence-electron chi connectivity index (χ3n) is 5.59. The van der Waals surface area contributed by atoms with Crippen molar-refractivity contribution in [2.75, 3.05) is 41.8 Å². The summed E-state index contributed by atoms with van der Waals surface area (Å²) in [5, 5.41) is 6.20. The predicted octanol–water partition coefficient (Wildman–Crippen LogP) is 2.88. The molecular weight excluding hydrogens is 446 g/mol. The molecule has 10 heteroatoms. The quantitative estimate of drug-likeness (QED) is 0.415. The van der Waals surface area contributed by atoms with E-state index in [1.54, 1.807) is 22.8 Å². The molecule has 1 aliphatic heterocycles. The number of hydrogen-bond acceptors (Lipinski definition) is 8. The van der Waals surface area contributed by atoms with Gasteiger partial charge in [0.15, 0.2) is 5.65 Å². The number of anilines is 4. The van der Waals surface area contributed by atoms with Gasteiger partial charge in [-0.3, -0.25) is 14.2 Å². The van der Waals surface area contributed by atoms with Gasteiger partial charge in [-0.15, -0.1) is 0 Å². The first-order valence-corrected chi connectivity index (χ1v) is 11.1. The molecule has 5 rings (SSSR count). The number of benzene rings is 2. The van der Waals surface area contributed by atoms with Gasteiger partial charge in [-0.05, 0) is 48.5 Å². The highest BCUT2D eigenvalue weighted by molar-refractivity contribution is 5.99. The number of rotatable bonds is 6. The number of ether oxygens (including phenoxy) is 1. The van der Waals surface area contributed by atoms with E-state index in [4.69, 9.17) is 4.74 Å². The minimum atomic E-state index is -0.422. The molecule has 1 amide bonds. The SMILES string of the molecule is C=CC(=O)Nc1cccc(-n2cnc(=O)c3cnc(Nc4ccc(N5CCOCC5)cc4)nc32)c1. The summed E-state index contributed by atoms with van der Waals surface area (Å²) in [5.74, 6) is 0.0191. The molecule has 0 spiro atoms. The Balaban J connectivity index is 1.45. The van der Waals surface area contributed by atoms with Crippen LogP contribution in [0.2, 0.25) is 0 Å². The van der Waals surface area contributed by atoms with E-state index < -0.39 is 5.56 Å². The van der Waals surface area contributed by atoms with Crippen LogP contribution < -0.4 is 21.1 Å². The Labute approximate surface area is 200 Å². The average molecular weight is 470 g/mol. The lowest BCUT2D eigenvalue weighted by molar-refractivity contribution is -0.111. The zero-order chi connectivity index (χ0) is 24.2. The molecule has 1 fully saturated rings. The summed E-state index contributed by atoms with van der Waals surface area (Å²) in [5.41, 5.74) is 3.16. The number of morpholine rings is 1. The summed E-state index contributed by atoms with van der Waals surface area (Å²) in [6.45, 7) is 6.65.